The van der Waals surface area contributed by atoms with Crippen LogP contribution >= 0.6 is 27.9 Å². The number of carbonyl (C=O) groups is 1. The predicted octanol–water partition coefficient (Wildman–Crippen LogP) is 3.68. The normalized spacial score (nSPS) is 10.8. The second kappa shape index (κ2) is 9.48. The van der Waals surface area contributed by atoms with Gasteiger partial charge in [0, 0.05) is 27.5 Å². The van der Waals surface area contributed by atoms with Crippen molar-refractivity contribution in [3.05, 3.63) is 58.1 Å². The lowest BCUT2D eigenvalue weighted by atomic mass is 10.2. The van der Waals surface area contributed by atoms with Gasteiger partial charge in [0.25, 0.3) is 0 Å². The molecule has 0 bridgehead atoms. The highest BCUT2D eigenvalue weighted by atomic mass is 79.9. The average Bonchev–Trinajstić information content (AvgIpc) is 2.51. The Kier molecular flexibility index (Phi) is 7.98. The van der Waals surface area contributed by atoms with Gasteiger partial charge in [0.05, 0.1) is 0 Å². The standard InChI is InChI=1S/C14H14BrN3OS.C2H6/c1-10-2-4-12(5-3-10)20-17-14-8-11(15)6-7-18(14)9-13(16)19;1-2/h2-8H,9H2,1H3,(H2,16,19);1-2H3/b17-14-;. The summed E-state index contributed by atoms with van der Waals surface area (Å²) in [5.41, 5.74) is 7.13. The zero-order valence-electron chi connectivity index (χ0n) is 12.9. The third-order valence-electron chi connectivity index (χ3n) is 2.57. The van der Waals surface area contributed by atoms with E-state index in [1.165, 1.54) is 17.5 Å². The molecule has 0 aliphatic heterocycles. The number of pyridine rings is 1. The molecule has 118 valence electrons. The highest BCUT2D eigenvalue weighted by Crippen LogP contribution is 2.18. The predicted molar refractivity (Wildman–Crippen MR) is 95.3 cm³/mol. The fraction of sp³-hybridized carbons (Fsp3) is 0.250. The molecule has 0 aliphatic carbocycles. The largest absolute Gasteiger partial charge is 0.368 e. The van der Waals surface area contributed by atoms with Gasteiger partial charge in [0.1, 0.15) is 12.0 Å². The van der Waals surface area contributed by atoms with Gasteiger partial charge in [0.15, 0.2) is 0 Å². The van der Waals surface area contributed by atoms with Gasteiger partial charge >= 0.3 is 0 Å². The second-order valence-electron chi connectivity index (χ2n) is 4.29. The number of nitrogens with two attached hydrogens (primary N) is 1. The SMILES string of the molecule is CC.Cc1ccc(S/N=c2/cc(Br)ccn2CC(N)=O)cc1. The quantitative estimate of drug-likeness (QED) is 0.820. The van der Waals surface area contributed by atoms with Gasteiger partial charge in [-0.15, -0.1) is 0 Å². The molecule has 4 nitrogen and oxygen atoms in total. The van der Waals surface area contributed by atoms with Gasteiger partial charge in [-0.3, -0.25) is 4.79 Å². The summed E-state index contributed by atoms with van der Waals surface area (Å²) in [6.07, 6.45) is 1.78. The molecular weight excluding hydrogens is 362 g/mol. The first kappa shape index (κ1) is 18.5. The summed E-state index contributed by atoms with van der Waals surface area (Å²) in [6.45, 7) is 6.15. The molecule has 6 heteroatoms. The van der Waals surface area contributed by atoms with Crippen LogP contribution in [0.3, 0.4) is 0 Å². The van der Waals surface area contributed by atoms with E-state index in [0.29, 0.717) is 5.49 Å². The summed E-state index contributed by atoms with van der Waals surface area (Å²) in [7, 11) is 0. The Balaban J connectivity index is 0.00000116. The second-order valence-corrected chi connectivity index (χ2v) is 6.05. The molecule has 2 aromatic rings. The monoisotopic (exact) mass is 381 g/mol. The smallest absolute Gasteiger partial charge is 0.237 e. The summed E-state index contributed by atoms with van der Waals surface area (Å²) in [6, 6.07) is 11.8. The molecule has 1 aromatic heterocycles. The molecule has 0 atom stereocenters. The van der Waals surface area contributed by atoms with Crippen molar-refractivity contribution in [2.75, 3.05) is 0 Å². The van der Waals surface area contributed by atoms with Crippen LogP contribution in [-0.4, -0.2) is 10.5 Å². The van der Waals surface area contributed by atoms with Crippen LogP contribution in [0.2, 0.25) is 0 Å². The maximum Gasteiger partial charge on any atom is 0.237 e. The van der Waals surface area contributed by atoms with Crippen LogP contribution < -0.4 is 11.2 Å². The Morgan fingerprint density at radius 3 is 2.50 bits per heavy atom. The van der Waals surface area contributed by atoms with Crippen molar-refractivity contribution in [3.8, 4) is 0 Å². The van der Waals surface area contributed by atoms with Crippen LogP contribution in [-0.2, 0) is 11.3 Å². The van der Waals surface area contributed by atoms with Gasteiger partial charge in [-0.25, -0.2) is 0 Å². The number of halogens is 1. The molecule has 2 rings (SSSR count). The number of hydrogen-bond donors (Lipinski definition) is 1. The molecular formula is C16H20BrN3OS. The maximum absolute atomic E-state index is 11.1. The van der Waals surface area contributed by atoms with Crippen molar-refractivity contribution < 1.29 is 4.79 Å². The van der Waals surface area contributed by atoms with Crippen LogP contribution in [0, 0.1) is 6.92 Å². The van der Waals surface area contributed by atoms with E-state index in [1.54, 1.807) is 10.8 Å². The topological polar surface area (TPSA) is 60.4 Å². The molecule has 22 heavy (non-hydrogen) atoms. The van der Waals surface area contributed by atoms with Crippen LogP contribution in [0.1, 0.15) is 19.4 Å². The zero-order chi connectivity index (χ0) is 16.5. The summed E-state index contributed by atoms with van der Waals surface area (Å²) < 4.78 is 7.08. The first-order valence-corrected chi connectivity index (χ1v) is 8.53. The van der Waals surface area contributed by atoms with Crippen LogP contribution in [0.15, 0.2) is 56.4 Å². The molecule has 0 radical (unpaired) electrons. The number of benzene rings is 1. The first-order valence-electron chi connectivity index (χ1n) is 6.96. The Hall–Kier alpha value is -1.53. The molecule has 1 amide bonds. The minimum Gasteiger partial charge on any atom is -0.368 e. The number of aromatic nitrogens is 1. The number of nitrogens with zero attached hydrogens (tertiary/aromatic N) is 2. The van der Waals surface area contributed by atoms with Crippen LogP contribution in [0.25, 0.3) is 0 Å². The van der Waals surface area contributed by atoms with Gasteiger partial charge in [-0.05, 0) is 31.2 Å². The highest BCUT2D eigenvalue weighted by Gasteiger charge is 2.00. The molecule has 0 saturated carbocycles. The van der Waals surface area contributed by atoms with E-state index in [2.05, 4.69) is 20.3 Å². The van der Waals surface area contributed by atoms with Gasteiger partial charge < -0.3 is 10.3 Å². The van der Waals surface area contributed by atoms with E-state index in [0.717, 1.165) is 9.37 Å². The number of amides is 1. The number of hydrogen-bond acceptors (Lipinski definition) is 3. The van der Waals surface area contributed by atoms with Crippen molar-refractivity contribution in [3.63, 3.8) is 0 Å². The van der Waals surface area contributed by atoms with Crippen LogP contribution in [0.5, 0.6) is 0 Å². The molecule has 2 N–H and O–H groups in total. The lowest BCUT2D eigenvalue weighted by Gasteiger charge is -2.05. The molecule has 0 spiro atoms. The molecule has 1 heterocycles. The molecule has 0 aliphatic rings. The summed E-state index contributed by atoms with van der Waals surface area (Å²) >= 11 is 4.76. The van der Waals surface area contributed by atoms with Gasteiger partial charge in [-0.2, -0.15) is 4.40 Å². The number of primary amides is 1. The Labute approximate surface area is 143 Å². The Morgan fingerprint density at radius 1 is 1.27 bits per heavy atom. The summed E-state index contributed by atoms with van der Waals surface area (Å²) in [5, 5.41) is 0. The number of carbonyl (C=O) groups excluding carboxylic acids is 1. The van der Waals surface area contributed by atoms with E-state index in [-0.39, 0.29) is 6.54 Å². The minimum absolute atomic E-state index is 0.112. The van der Waals surface area contributed by atoms with Crippen molar-refractivity contribution >= 4 is 33.8 Å². The highest BCUT2D eigenvalue weighted by molar-refractivity contribution is 9.10. The Morgan fingerprint density at radius 2 is 1.91 bits per heavy atom. The fourth-order valence-corrected chi connectivity index (χ4v) is 2.51. The average molecular weight is 382 g/mol. The van der Waals surface area contributed by atoms with E-state index >= 15 is 0 Å². The minimum atomic E-state index is -0.394. The van der Waals surface area contributed by atoms with Crippen molar-refractivity contribution in [2.24, 2.45) is 10.1 Å². The molecule has 0 saturated heterocycles. The number of rotatable bonds is 4. The van der Waals surface area contributed by atoms with Gasteiger partial charge in [0.2, 0.25) is 5.91 Å². The molecule has 0 unspecified atom stereocenters. The first-order chi connectivity index (χ1) is 10.5. The number of aryl methyl sites for hydroxylation is 1. The van der Waals surface area contributed by atoms with E-state index in [1.807, 2.05) is 57.2 Å². The van der Waals surface area contributed by atoms with Gasteiger partial charge in [-0.1, -0.05) is 47.5 Å². The van der Waals surface area contributed by atoms with E-state index < -0.39 is 5.91 Å². The third kappa shape index (κ3) is 6.07. The maximum atomic E-state index is 11.1. The molecule has 1 aromatic carbocycles. The van der Waals surface area contributed by atoms with Crippen molar-refractivity contribution in [2.45, 2.75) is 32.2 Å². The Bertz CT molecular complexity index is 681. The molecule has 0 fully saturated rings. The van der Waals surface area contributed by atoms with E-state index in [9.17, 15) is 4.79 Å². The lowest BCUT2D eigenvalue weighted by Crippen LogP contribution is -2.27. The lowest BCUT2D eigenvalue weighted by molar-refractivity contribution is -0.118. The summed E-state index contributed by atoms with van der Waals surface area (Å²) in [5.74, 6) is -0.394. The van der Waals surface area contributed by atoms with E-state index in [4.69, 9.17) is 5.73 Å². The van der Waals surface area contributed by atoms with Crippen LogP contribution in [0.4, 0.5) is 0 Å². The zero-order valence-corrected chi connectivity index (χ0v) is 15.3. The van der Waals surface area contributed by atoms with Crippen molar-refractivity contribution in [1.29, 1.82) is 0 Å². The fourth-order valence-electron chi connectivity index (χ4n) is 1.57. The van der Waals surface area contributed by atoms with Crippen molar-refractivity contribution in [1.82, 2.24) is 4.57 Å². The summed E-state index contributed by atoms with van der Waals surface area (Å²) in [4.78, 5) is 12.1. The third-order valence-corrected chi connectivity index (χ3v) is 3.82.